The number of anilines is 8. The molecule has 4 amide bonds. The molecule has 34 nitrogen and oxygen atoms in total. The van der Waals surface area contributed by atoms with Gasteiger partial charge in [0.15, 0.2) is 107 Å². The van der Waals surface area contributed by atoms with Crippen LogP contribution in [0.25, 0.3) is 19.4 Å². The second kappa shape index (κ2) is 47.5. The van der Waals surface area contributed by atoms with E-state index in [4.69, 9.17) is 148 Å². The molecule has 7 aliphatic rings. The molecular formula is C107H116F4N12O22S5. The third-order valence-corrected chi connectivity index (χ3v) is 27.4. The maximum absolute atomic E-state index is 15.0. The quantitative estimate of drug-likeness (QED) is 0.0168. The SMILES string of the molecule is CC1(C)OCC(O)CO1.Cc1ccc(S(=O)(=O)OC2COC(C)(C)OC2)cc1.[C-]#[N+]c1ccc(N2C(=O)C(C)(C)N(c3ccc(O)c(F)c3)C2=S)cc1C.[C-]#[N+]c1ccc(N2C(=O)C(C)(C)N(c3ccc(OC(CO)CO)c(F)c3)C2=S)cc1C.[C-]#[N+]c1ccc(N2C(=O)C(C)(C)N(c3ccc(OC(CO)CO)c(F)c3)C2=S)cc1C.[C-]#[N+]c1ccc(N2C(=O)C(C)(C)N(c3ccc(OC4COC(C)(C)OC4)c(F)c3)C2=S)cc1C. The van der Waals surface area contributed by atoms with Crippen LogP contribution in [0, 0.1) is 84.2 Å². The monoisotopic (exact) mass is 2160 g/mol. The molecule has 0 saturated carbocycles. The summed E-state index contributed by atoms with van der Waals surface area (Å²) in [5.41, 5.74) is 5.33. The fraction of sp³-hybridized carbons (Fsp3) is 0.383. The second-order valence-corrected chi connectivity index (χ2v) is 41.8. The summed E-state index contributed by atoms with van der Waals surface area (Å²) >= 11 is 22.4. The summed E-state index contributed by atoms with van der Waals surface area (Å²) in [5.74, 6) is -6.41. The Morgan fingerprint density at radius 3 is 0.873 bits per heavy atom. The number of phenols is 1. The van der Waals surface area contributed by atoms with Crippen molar-refractivity contribution >= 4 is 171 Å². The molecule has 9 aromatic rings. The molecule has 0 unspecified atom stereocenters. The Hall–Kier alpha value is -13.2. The van der Waals surface area contributed by atoms with Crippen molar-refractivity contribution in [2.45, 2.75) is 206 Å². The maximum Gasteiger partial charge on any atom is 0.297 e. The lowest BCUT2D eigenvalue weighted by Crippen LogP contribution is -2.45. The Labute approximate surface area is 889 Å². The maximum atomic E-state index is 15.0. The molecular weight excluding hydrogens is 2040 g/mol. The zero-order chi connectivity index (χ0) is 111. The first kappa shape index (κ1) is 117. The average Bonchev–Trinajstić information content (AvgIpc) is 1.60. The number of ether oxygens (including phenoxy) is 9. The number of hydrogen-bond donors (Lipinski definition) is 6. The lowest BCUT2D eigenvalue weighted by atomic mass is 10.0. The normalized spacial score (nSPS) is 18.0. The van der Waals surface area contributed by atoms with Crippen LogP contribution in [0.4, 0.5) is 85.8 Å². The van der Waals surface area contributed by atoms with E-state index >= 15 is 4.39 Å². The molecule has 0 atom stereocenters. The van der Waals surface area contributed by atoms with Gasteiger partial charge >= 0.3 is 0 Å². The molecule has 0 spiro atoms. The van der Waals surface area contributed by atoms with E-state index in [1.807, 2.05) is 34.6 Å². The van der Waals surface area contributed by atoms with Crippen LogP contribution in [0.2, 0.25) is 0 Å². The molecule has 43 heteroatoms. The topological polar surface area (TPSA) is 359 Å². The fourth-order valence-electron chi connectivity index (χ4n) is 16.2. The van der Waals surface area contributed by atoms with E-state index in [9.17, 15) is 45.9 Å². The lowest BCUT2D eigenvalue weighted by Gasteiger charge is -2.35. The van der Waals surface area contributed by atoms with E-state index in [0.717, 1.165) is 22.8 Å². The second-order valence-electron chi connectivity index (χ2n) is 38.7. The van der Waals surface area contributed by atoms with Gasteiger partial charge in [-0.1, -0.05) is 42.0 Å². The van der Waals surface area contributed by atoms with Gasteiger partial charge in [-0.05, 0) is 312 Å². The van der Waals surface area contributed by atoms with E-state index in [-0.39, 0.29) is 92.7 Å². The minimum Gasteiger partial charge on any atom is -0.505 e. The Morgan fingerprint density at radius 1 is 0.367 bits per heavy atom. The summed E-state index contributed by atoms with van der Waals surface area (Å²) in [6.45, 7) is 62.2. The average molecular weight is 2160 g/mol. The first-order valence-corrected chi connectivity index (χ1v) is 49.9. The van der Waals surface area contributed by atoms with E-state index < -0.39 is 136 Å². The largest absolute Gasteiger partial charge is 0.505 e. The van der Waals surface area contributed by atoms with Crippen molar-refractivity contribution in [3.8, 4) is 23.0 Å². The molecule has 0 radical (unpaired) electrons. The van der Waals surface area contributed by atoms with Crippen molar-refractivity contribution < 1.29 is 123 Å². The number of amides is 4. The van der Waals surface area contributed by atoms with E-state index in [2.05, 4.69) is 19.4 Å². The molecule has 7 aliphatic heterocycles. The number of aryl methyl sites for hydroxylation is 5. The highest BCUT2D eigenvalue weighted by atomic mass is 32.2. The minimum absolute atomic E-state index is 0.0668. The number of aliphatic hydroxyl groups is 5. The summed E-state index contributed by atoms with van der Waals surface area (Å²) in [4.78, 5) is 78.6. The lowest BCUT2D eigenvalue weighted by molar-refractivity contribution is -0.272. The van der Waals surface area contributed by atoms with Crippen LogP contribution in [-0.4, -0.2) is 219 Å². The molecule has 7 saturated heterocycles. The molecule has 794 valence electrons. The van der Waals surface area contributed by atoms with E-state index in [1.54, 1.807) is 220 Å². The number of hydrogen-bond acceptors (Lipinski definition) is 26. The van der Waals surface area contributed by atoms with Gasteiger partial charge in [0.2, 0.25) is 0 Å². The van der Waals surface area contributed by atoms with Gasteiger partial charge in [-0.2, -0.15) is 8.42 Å². The zero-order valence-electron chi connectivity index (χ0n) is 85.8. The van der Waals surface area contributed by atoms with E-state index in [0.29, 0.717) is 92.6 Å². The first-order valence-electron chi connectivity index (χ1n) is 46.8. The molecule has 9 aromatic carbocycles. The standard InChI is InChI=1S/C25H26FN3O4S.2C22H22FN3O4S.C19H16FN3O2S.C13H18O5S.C6H12O3/c1-15-11-16(7-9-20(15)27-6)28-22(30)24(2,3)29(23(28)34)17-8-10-21(19(26)12-17)33-18-13-31-25(4,5)32-14-18;2*1-13-9-14(5-7-18(13)24-4)25-20(29)22(2,3)26(21(25)31)15-6-8-19(17(23)10-15)30-16(11-27)12-28;1-11-9-12(5-7-15(11)21-4)22-17(25)19(2,3)23(18(22)26)13-6-8-16(24)14(20)10-13;1-10-4-6-12(7-5-10)19(14,15)18-11-8-16-13(2,3)17-9-11;1-6(2)8-3-5(7)4-9-6/h7-12,18H,13-14H2,1-5H3;2*5-10,16,27-28H,11-12H2,1-3H3;5-10,24H,1-3H3;4-7,11H,8-9H2,1-3H3;5,7H,3-4H2,1-2H3. The Balaban J connectivity index is 0.000000175. The van der Waals surface area contributed by atoms with Crippen LogP contribution in [-0.2, 0) is 61.9 Å². The molecule has 7 fully saturated rings. The predicted octanol–water partition coefficient (Wildman–Crippen LogP) is 18.1. The number of benzene rings is 9. The summed E-state index contributed by atoms with van der Waals surface area (Å²) < 4.78 is 136. The fourth-order valence-corrected chi connectivity index (χ4v) is 19.3. The molecule has 0 bridgehead atoms. The first-order chi connectivity index (χ1) is 70.3. The Morgan fingerprint density at radius 2 is 0.620 bits per heavy atom. The van der Waals surface area contributed by atoms with Crippen molar-refractivity contribution in [3.63, 3.8) is 0 Å². The summed E-state index contributed by atoms with van der Waals surface area (Å²) in [6, 6.07) is 43.3. The number of aromatic hydroxyl groups is 1. The summed E-state index contributed by atoms with van der Waals surface area (Å²) in [7, 11) is -3.77. The highest BCUT2D eigenvalue weighted by Gasteiger charge is 2.55. The van der Waals surface area contributed by atoms with Crippen LogP contribution in [0.1, 0.15) is 125 Å². The van der Waals surface area contributed by atoms with Gasteiger partial charge in [0, 0.05) is 69.8 Å². The van der Waals surface area contributed by atoms with Gasteiger partial charge in [-0.3, -0.25) is 43.0 Å². The van der Waals surface area contributed by atoms with Crippen molar-refractivity contribution in [2.24, 2.45) is 0 Å². The van der Waals surface area contributed by atoms with Crippen molar-refractivity contribution in [1.29, 1.82) is 0 Å². The van der Waals surface area contributed by atoms with Crippen LogP contribution in [0.3, 0.4) is 0 Å². The molecule has 150 heavy (non-hydrogen) atoms. The third kappa shape index (κ3) is 26.1. The zero-order valence-corrected chi connectivity index (χ0v) is 89.8. The molecule has 16 rings (SSSR count). The predicted molar refractivity (Wildman–Crippen MR) is 572 cm³/mol. The number of halogens is 4. The number of carbonyl (C=O) groups excluding carboxylic acids is 4. The van der Waals surface area contributed by atoms with Gasteiger partial charge in [0.1, 0.15) is 52.7 Å². The van der Waals surface area contributed by atoms with Crippen LogP contribution >= 0.6 is 48.9 Å². The van der Waals surface area contributed by atoms with Crippen LogP contribution in [0.5, 0.6) is 23.0 Å². The number of rotatable bonds is 21. The number of carbonyl (C=O) groups is 4. The van der Waals surface area contributed by atoms with Gasteiger partial charge < -0.3 is 92.9 Å². The molecule has 0 aliphatic carbocycles. The summed E-state index contributed by atoms with van der Waals surface area (Å²) in [6.07, 6.45) is -3.37. The number of thiocarbonyl (C=S) groups is 4. The Kier molecular flexibility index (Phi) is 37.1. The smallest absolute Gasteiger partial charge is 0.297 e. The third-order valence-electron chi connectivity index (χ3n) is 24.6. The molecule has 7 heterocycles. The highest BCUT2D eigenvalue weighted by molar-refractivity contribution is 7.86. The van der Waals surface area contributed by atoms with Gasteiger partial charge in [-0.15, -0.1) is 0 Å². The van der Waals surface area contributed by atoms with Gasteiger partial charge in [0.05, 0.1) is 97.3 Å². The van der Waals surface area contributed by atoms with Gasteiger partial charge in [-0.25, -0.2) is 36.9 Å². The van der Waals surface area contributed by atoms with Crippen LogP contribution < -0.4 is 53.4 Å². The summed E-state index contributed by atoms with van der Waals surface area (Å²) in [5, 5.41) is 55.7. The van der Waals surface area contributed by atoms with Crippen molar-refractivity contribution in [1.82, 2.24) is 0 Å². The number of phenolic OH excluding ortho intramolecular Hbond substituents is 1. The highest BCUT2D eigenvalue weighted by Crippen LogP contribution is 2.46. The minimum atomic E-state index is -3.77. The van der Waals surface area contributed by atoms with Crippen molar-refractivity contribution in [3.05, 3.63) is 267 Å². The van der Waals surface area contributed by atoms with Crippen LogP contribution in [0.15, 0.2) is 175 Å². The molecule has 0 aromatic heterocycles. The van der Waals surface area contributed by atoms with E-state index in [1.165, 1.54) is 80.3 Å². The molecule has 6 N–H and O–H groups in total. The Bertz CT molecular complexity index is 6760. The number of aliphatic hydroxyl groups excluding tert-OH is 5. The van der Waals surface area contributed by atoms with Crippen molar-refractivity contribution in [2.75, 3.05) is 105 Å². The number of nitrogens with zero attached hydrogens (tertiary/aromatic N) is 12. The van der Waals surface area contributed by atoms with Gasteiger partial charge in [0.25, 0.3) is 33.7 Å².